The second kappa shape index (κ2) is 5.24. The van der Waals surface area contributed by atoms with Gasteiger partial charge in [-0.3, -0.25) is 9.78 Å². The number of nitrogens with zero attached hydrogens (tertiary/aromatic N) is 2. The fourth-order valence-electron chi connectivity index (χ4n) is 2.14. The van der Waals surface area contributed by atoms with E-state index in [2.05, 4.69) is 15.0 Å². The lowest BCUT2D eigenvalue weighted by Crippen LogP contribution is -2.11. The number of ether oxygens (including phenoxy) is 2. The van der Waals surface area contributed by atoms with Crippen molar-refractivity contribution in [1.29, 1.82) is 0 Å². The van der Waals surface area contributed by atoms with E-state index in [1.165, 1.54) is 7.11 Å². The van der Waals surface area contributed by atoms with Gasteiger partial charge in [0, 0.05) is 30.1 Å². The van der Waals surface area contributed by atoms with Crippen molar-refractivity contribution in [2.45, 2.75) is 0 Å². The lowest BCUT2D eigenvalue weighted by molar-refractivity contribution is 0.397. The van der Waals surface area contributed by atoms with E-state index in [1.54, 1.807) is 43.8 Å². The molecule has 1 N–H and O–H groups in total. The first-order valence-electron chi connectivity index (χ1n) is 6.29. The second-order valence-electron chi connectivity index (χ2n) is 4.37. The smallest absolute Gasteiger partial charge is 0.262 e. The van der Waals surface area contributed by atoms with Crippen LogP contribution in [0.5, 0.6) is 11.5 Å². The van der Waals surface area contributed by atoms with Gasteiger partial charge in [-0.2, -0.15) is 0 Å². The summed E-state index contributed by atoms with van der Waals surface area (Å²) in [7, 11) is 3.06. The Morgan fingerprint density at radius 3 is 2.52 bits per heavy atom. The van der Waals surface area contributed by atoms with Gasteiger partial charge in [0.05, 0.1) is 19.7 Å². The largest absolute Gasteiger partial charge is 0.497 e. The van der Waals surface area contributed by atoms with E-state index in [-0.39, 0.29) is 5.56 Å². The highest BCUT2D eigenvalue weighted by molar-refractivity contribution is 5.87. The number of aromatic nitrogens is 3. The molecular formula is C15H13N3O3. The predicted molar refractivity (Wildman–Crippen MR) is 78.7 cm³/mol. The molecule has 106 valence electrons. The van der Waals surface area contributed by atoms with Crippen LogP contribution in [-0.2, 0) is 0 Å². The van der Waals surface area contributed by atoms with Gasteiger partial charge in [-0.05, 0) is 12.1 Å². The third-order valence-electron chi connectivity index (χ3n) is 3.16. The number of H-pyrrole nitrogens is 1. The zero-order valence-electron chi connectivity index (χ0n) is 11.6. The molecule has 0 saturated carbocycles. The Morgan fingerprint density at radius 1 is 1.10 bits per heavy atom. The van der Waals surface area contributed by atoms with Gasteiger partial charge in [-0.15, -0.1) is 0 Å². The van der Waals surface area contributed by atoms with Crippen molar-refractivity contribution in [3.63, 3.8) is 0 Å². The monoisotopic (exact) mass is 283 g/mol. The number of hydrogen-bond acceptors (Lipinski definition) is 5. The molecule has 3 aromatic rings. The molecule has 0 saturated heterocycles. The van der Waals surface area contributed by atoms with Crippen LogP contribution in [0.15, 0.2) is 41.5 Å². The highest BCUT2D eigenvalue weighted by Gasteiger charge is 2.12. The Balaban J connectivity index is 2.31. The third kappa shape index (κ3) is 2.31. The Labute approximate surface area is 120 Å². The van der Waals surface area contributed by atoms with Gasteiger partial charge in [-0.1, -0.05) is 0 Å². The maximum absolute atomic E-state index is 12.3. The molecule has 0 radical (unpaired) electrons. The van der Waals surface area contributed by atoms with Gasteiger partial charge in [0.2, 0.25) is 0 Å². The Morgan fingerprint density at radius 2 is 1.86 bits per heavy atom. The van der Waals surface area contributed by atoms with Gasteiger partial charge in [0.15, 0.2) is 0 Å². The molecule has 0 fully saturated rings. The summed E-state index contributed by atoms with van der Waals surface area (Å²) in [5.74, 6) is 1.49. The van der Waals surface area contributed by atoms with E-state index in [0.717, 1.165) is 5.56 Å². The first-order valence-corrected chi connectivity index (χ1v) is 6.29. The molecule has 0 spiro atoms. The number of methoxy groups -OCH3 is 2. The van der Waals surface area contributed by atoms with Crippen molar-refractivity contribution >= 4 is 10.9 Å². The van der Waals surface area contributed by atoms with Gasteiger partial charge in [0.1, 0.15) is 22.7 Å². The highest BCUT2D eigenvalue weighted by atomic mass is 16.5. The third-order valence-corrected chi connectivity index (χ3v) is 3.16. The summed E-state index contributed by atoms with van der Waals surface area (Å²) in [6.45, 7) is 0. The molecule has 6 heteroatoms. The molecule has 0 unspecified atom stereocenters. The number of benzene rings is 1. The van der Waals surface area contributed by atoms with Crippen molar-refractivity contribution in [2.24, 2.45) is 0 Å². The number of hydrogen-bond donors (Lipinski definition) is 1. The summed E-state index contributed by atoms with van der Waals surface area (Å²) in [4.78, 5) is 23.5. The summed E-state index contributed by atoms with van der Waals surface area (Å²) >= 11 is 0. The van der Waals surface area contributed by atoms with Crippen molar-refractivity contribution < 1.29 is 9.47 Å². The summed E-state index contributed by atoms with van der Waals surface area (Å²) in [5, 5.41) is 0.399. The molecule has 0 aliphatic rings. The zero-order valence-corrected chi connectivity index (χ0v) is 11.6. The van der Waals surface area contributed by atoms with Crippen molar-refractivity contribution in [1.82, 2.24) is 15.0 Å². The summed E-state index contributed by atoms with van der Waals surface area (Å²) in [5.41, 5.74) is 1.04. The molecule has 1 aromatic carbocycles. The second-order valence-corrected chi connectivity index (χ2v) is 4.37. The number of nitrogens with one attached hydrogen (secondary N) is 1. The average Bonchev–Trinajstić information content (AvgIpc) is 2.54. The predicted octanol–water partition coefficient (Wildman–Crippen LogP) is 2.00. The van der Waals surface area contributed by atoms with Crippen LogP contribution in [-0.4, -0.2) is 29.2 Å². The summed E-state index contributed by atoms with van der Waals surface area (Å²) < 4.78 is 10.5. The fourth-order valence-corrected chi connectivity index (χ4v) is 2.14. The highest BCUT2D eigenvalue weighted by Crippen LogP contribution is 2.28. The SMILES string of the molecule is COc1cc(OC)c2c(=O)[nH]c(-c3ccncc3)nc2c1. The molecule has 0 bridgehead atoms. The van der Waals surface area contributed by atoms with Gasteiger partial charge >= 0.3 is 0 Å². The topological polar surface area (TPSA) is 77.1 Å². The minimum absolute atomic E-state index is 0.258. The quantitative estimate of drug-likeness (QED) is 0.795. The lowest BCUT2D eigenvalue weighted by atomic mass is 10.2. The van der Waals surface area contributed by atoms with E-state index in [9.17, 15) is 4.79 Å². The molecule has 2 aromatic heterocycles. The van der Waals surface area contributed by atoms with Crippen LogP contribution >= 0.6 is 0 Å². The molecule has 2 heterocycles. The van der Waals surface area contributed by atoms with Crippen LogP contribution in [0.3, 0.4) is 0 Å². The minimum atomic E-state index is -0.258. The molecule has 6 nitrogen and oxygen atoms in total. The lowest BCUT2D eigenvalue weighted by Gasteiger charge is -2.09. The number of rotatable bonds is 3. The number of aromatic amines is 1. The van der Waals surface area contributed by atoms with Crippen molar-refractivity contribution in [3.8, 4) is 22.9 Å². The average molecular weight is 283 g/mol. The van der Waals surface area contributed by atoms with Crippen molar-refractivity contribution in [3.05, 3.63) is 47.0 Å². The Kier molecular flexibility index (Phi) is 3.27. The van der Waals surface area contributed by atoms with Gasteiger partial charge in [0.25, 0.3) is 5.56 Å². The van der Waals surface area contributed by atoms with E-state index in [1.807, 2.05) is 0 Å². The van der Waals surface area contributed by atoms with Gasteiger partial charge in [-0.25, -0.2) is 4.98 Å². The molecule has 3 rings (SSSR count). The van der Waals surface area contributed by atoms with Crippen LogP contribution in [0.25, 0.3) is 22.3 Å². The zero-order chi connectivity index (χ0) is 14.8. The van der Waals surface area contributed by atoms with Crippen LogP contribution in [0.1, 0.15) is 0 Å². The molecule has 21 heavy (non-hydrogen) atoms. The molecule has 0 amide bonds. The van der Waals surface area contributed by atoms with Crippen molar-refractivity contribution in [2.75, 3.05) is 14.2 Å². The Bertz CT molecular complexity index is 844. The Hall–Kier alpha value is -2.89. The van der Waals surface area contributed by atoms with Crippen LogP contribution in [0, 0.1) is 0 Å². The maximum atomic E-state index is 12.3. The number of pyridine rings is 1. The summed E-state index contributed by atoms with van der Waals surface area (Å²) in [6, 6.07) is 6.92. The van der Waals surface area contributed by atoms with E-state index >= 15 is 0 Å². The van der Waals surface area contributed by atoms with Crippen LogP contribution in [0.2, 0.25) is 0 Å². The summed E-state index contributed by atoms with van der Waals surface area (Å²) in [6.07, 6.45) is 3.29. The first-order chi connectivity index (χ1) is 10.2. The minimum Gasteiger partial charge on any atom is -0.497 e. The van der Waals surface area contributed by atoms with Gasteiger partial charge < -0.3 is 14.5 Å². The fraction of sp³-hybridized carbons (Fsp3) is 0.133. The van der Waals surface area contributed by atoms with E-state index in [4.69, 9.17) is 9.47 Å². The molecule has 0 aliphatic carbocycles. The van der Waals surface area contributed by atoms with Crippen LogP contribution < -0.4 is 15.0 Å². The van der Waals surface area contributed by atoms with Crippen LogP contribution in [0.4, 0.5) is 0 Å². The standard InChI is InChI=1S/C15H13N3O3/c1-20-10-7-11-13(12(8-10)21-2)15(19)18-14(17-11)9-3-5-16-6-4-9/h3-8H,1-2H3,(H,17,18,19). The normalized spacial score (nSPS) is 10.6. The molecule has 0 aliphatic heterocycles. The van der Waals surface area contributed by atoms with E-state index < -0.39 is 0 Å². The van der Waals surface area contributed by atoms with E-state index in [0.29, 0.717) is 28.2 Å². The first kappa shape index (κ1) is 13.1. The molecule has 0 atom stereocenters. The molecular weight excluding hydrogens is 270 g/mol. The maximum Gasteiger partial charge on any atom is 0.262 e. The number of fused-ring (bicyclic) bond motifs is 1.